The molecule has 1 aromatic carbocycles. The van der Waals surface area contributed by atoms with Gasteiger partial charge in [0.1, 0.15) is 11.8 Å². The van der Waals surface area contributed by atoms with Gasteiger partial charge in [0.15, 0.2) is 0 Å². The Hall–Kier alpha value is -2.73. The fourth-order valence-electron chi connectivity index (χ4n) is 2.71. The molecule has 1 aliphatic heterocycles. The van der Waals surface area contributed by atoms with Crippen LogP contribution in [0.4, 0.5) is 5.69 Å². The maximum Gasteiger partial charge on any atom is 0.264 e. The molecule has 1 aliphatic rings. The Bertz CT molecular complexity index is 885. The van der Waals surface area contributed by atoms with E-state index in [1.165, 1.54) is 24.3 Å². The number of unbranched alkanes of at least 4 members (excludes halogenated alkanes) is 1. The van der Waals surface area contributed by atoms with Crippen LogP contribution < -0.4 is 9.73 Å². The average Bonchev–Trinajstić information content (AvgIpc) is 3.03. The third-order valence-electron chi connectivity index (χ3n) is 4.30. The summed E-state index contributed by atoms with van der Waals surface area (Å²) in [5, 5.41) is 13.8. The lowest BCUT2D eigenvalue weighted by molar-refractivity contribution is -0.123. The first-order chi connectivity index (χ1) is 12.8. The molecule has 0 aromatic heterocycles. The van der Waals surface area contributed by atoms with Crippen molar-refractivity contribution in [2.45, 2.75) is 50.8 Å². The summed E-state index contributed by atoms with van der Waals surface area (Å²) in [6.45, 7) is 3.86. The van der Waals surface area contributed by atoms with Gasteiger partial charge in [0, 0.05) is 5.92 Å². The Balaban J connectivity index is 2.13. The van der Waals surface area contributed by atoms with E-state index in [4.69, 9.17) is 5.26 Å². The Morgan fingerprint density at radius 3 is 2.52 bits per heavy atom. The van der Waals surface area contributed by atoms with E-state index in [0.717, 1.165) is 17.9 Å². The highest BCUT2D eigenvalue weighted by molar-refractivity contribution is 7.90. The lowest BCUT2D eigenvalue weighted by Gasteiger charge is -2.15. The third-order valence-corrected chi connectivity index (χ3v) is 5.66. The van der Waals surface area contributed by atoms with Gasteiger partial charge in [0.05, 0.1) is 17.0 Å². The van der Waals surface area contributed by atoms with Crippen LogP contribution in [0.25, 0.3) is 0 Å². The molecule has 0 saturated carbocycles. The fraction of sp³-hybridized carbons (Fsp3) is 0.444. The largest absolute Gasteiger partial charge is 0.274 e. The van der Waals surface area contributed by atoms with Crippen LogP contribution in [0.5, 0.6) is 0 Å². The molecule has 27 heavy (non-hydrogen) atoms. The van der Waals surface area contributed by atoms with Gasteiger partial charge in [0.25, 0.3) is 15.9 Å². The standard InChI is InChI=1S/C18H22N4O4S/c1-3-5-6-13(4-2)18(24)21-27(25,26)16-9-7-15(8-10-16)22-17(23)11-14(12-19)20-22/h7-10,13H,3-6,11H2,1-2H3,(H,21,24). The number of nitrogens with zero attached hydrogens (tertiary/aromatic N) is 3. The number of amides is 2. The molecule has 0 spiro atoms. The zero-order valence-electron chi connectivity index (χ0n) is 15.3. The molecule has 0 aliphatic carbocycles. The number of nitriles is 1. The second-order valence-electron chi connectivity index (χ2n) is 6.25. The molecule has 1 aromatic rings. The molecule has 2 amide bonds. The number of hydrogen-bond donors (Lipinski definition) is 1. The lowest BCUT2D eigenvalue weighted by atomic mass is 9.99. The first kappa shape index (κ1) is 20.6. The summed E-state index contributed by atoms with van der Waals surface area (Å²) in [6.07, 6.45) is 2.92. The number of nitrogens with one attached hydrogen (secondary N) is 1. The van der Waals surface area contributed by atoms with E-state index < -0.39 is 15.9 Å². The van der Waals surface area contributed by atoms with Crippen molar-refractivity contribution in [3.05, 3.63) is 24.3 Å². The average molecular weight is 390 g/mol. The number of carbonyl (C=O) groups excluding carboxylic acids is 2. The SMILES string of the molecule is CCCCC(CC)C(=O)NS(=O)(=O)c1ccc(N2N=C(C#N)CC2=O)cc1. The Morgan fingerprint density at radius 1 is 1.33 bits per heavy atom. The second kappa shape index (κ2) is 8.77. The van der Waals surface area contributed by atoms with Gasteiger partial charge in [-0.2, -0.15) is 15.4 Å². The Kier molecular flexibility index (Phi) is 6.69. The number of rotatable bonds is 8. The Labute approximate surface area is 158 Å². The van der Waals surface area contributed by atoms with Crippen LogP contribution in [-0.4, -0.2) is 25.9 Å². The summed E-state index contributed by atoms with van der Waals surface area (Å²) in [5.74, 6) is -1.22. The van der Waals surface area contributed by atoms with Gasteiger partial charge < -0.3 is 0 Å². The minimum Gasteiger partial charge on any atom is -0.274 e. The highest BCUT2D eigenvalue weighted by Gasteiger charge is 2.26. The number of benzene rings is 1. The van der Waals surface area contributed by atoms with Gasteiger partial charge >= 0.3 is 0 Å². The van der Waals surface area contributed by atoms with Crippen LogP contribution in [0.2, 0.25) is 0 Å². The van der Waals surface area contributed by atoms with Crippen molar-refractivity contribution >= 4 is 33.2 Å². The summed E-state index contributed by atoms with van der Waals surface area (Å²) < 4.78 is 27.0. The van der Waals surface area contributed by atoms with Gasteiger partial charge in [-0.05, 0) is 37.1 Å². The summed E-state index contributed by atoms with van der Waals surface area (Å²) in [6, 6.07) is 7.24. The van der Waals surface area contributed by atoms with Crippen LogP contribution >= 0.6 is 0 Å². The molecule has 0 bridgehead atoms. The number of carbonyl (C=O) groups is 2. The maximum atomic E-state index is 12.4. The summed E-state index contributed by atoms with van der Waals surface area (Å²) in [4.78, 5) is 24.0. The van der Waals surface area contributed by atoms with E-state index in [1.54, 1.807) is 0 Å². The summed E-state index contributed by atoms with van der Waals surface area (Å²) in [7, 11) is -4.00. The number of sulfonamides is 1. The molecular weight excluding hydrogens is 368 g/mol. The predicted molar refractivity (Wildman–Crippen MR) is 100 cm³/mol. The molecule has 1 N–H and O–H groups in total. The molecule has 1 atom stereocenters. The van der Waals surface area contributed by atoms with E-state index in [1.807, 2.05) is 19.9 Å². The number of hydrazone groups is 1. The van der Waals surface area contributed by atoms with Crippen LogP contribution in [0.3, 0.4) is 0 Å². The molecular formula is C18H22N4O4S. The second-order valence-corrected chi connectivity index (χ2v) is 7.93. The Morgan fingerprint density at radius 2 is 2.00 bits per heavy atom. The van der Waals surface area contributed by atoms with Crippen molar-refractivity contribution < 1.29 is 18.0 Å². The number of anilines is 1. The molecule has 1 heterocycles. The van der Waals surface area contributed by atoms with Crippen molar-refractivity contribution in [3.8, 4) is 6.07 Å². The monoisotopic (exact) mass is 390 g/mol. The van der Waals surface area contributed by atoms with Gasteiger partial charge in [-0.3, -0.25) is 9.59 Å². The van der Waals surface area contributed by atoms with Crippen LogP contribution in [-0.2, 0) is 19.6 Å². The molecule has 0 fully saturated rings. The van der Waals surface area contributed by atoms with E-state index in [-0.39, 0.29) is 28.9 Å². The van der Waals surface area contributed by atoms with Crippen LogP contribution in [0, 0.1) is 17.2 Å². The highest BCUT2D eigenvalue weighted by atomic mass is 32.2. The van der Waals surface area contributed by atoms with Crippen molar-refractivity contribution in [1.29, 1.82) is 5.26 Å². The van der Waals surface area contributed by atoms with E-state index >= 15 is 0 Å². The van der Waals surface area contributed by atoms with Gasteiger partial charge in [-0.15, -0.1) is 0 Å². The molecule has 1 unspecified atom stereocenters. The first-order valence-corrected chi connectivity index (χ1v) is 10.3. The maximum absolute atomic E-state index is 12.4. The normalized spacial score (nSPS) is 15.2. The van der Waals surface area contributed by atoms with Crippen LogP contribution in [0.15, 0.2) is 34.3 Å². The van der Waals surface area contributed by atoms with E-state index in [2.05, 4.69) is 9.82 Å². The van der Waals surface area contributed by atoms with E-state index in [0.29, 0.717) is 18.5 Å². The van der Waals surface area contributed by atoms with Gasteiger partial charge in [-0.25, -0.2) is 13.1 Å². The zero-order valence-corrected chi connectivity index (χ0v) is 16.1. The first-order valence-electron chi connectivity index (χ1n) is 8.79. The van der Waals surface area contributed by atoms with Crippen molar-refractivity contribution in [2.75, 3.05) is 5.01 Å². The molecule has 8 nitrogen and oxygen atoms in total. The number of hydrogen-bond acceptors (Lipinski definition) is 6. The summed E-state index contributed by atoms with van der Waals surface area (Å²) >= 11 is 0. The fourth-order valence-corrected chi connectivity index (χ4v) is 3.75. The minimum absolute atomic E-state index is 0.0806. The van der Waals surface area contributed by atoms with Gasteiger partial charge in [-0.1, -0.05) is 26.7 Å². The summed E-state index contributed by atoms with van der Waals surface area (Å²) in [5.41, 5.74) is 0.451. The van der Waals surface area contributed by atoms with Crippen LogP contribution in [0.1, 0.15) is 46.0 Å². The van der Waals surface area contributed by atoms with E-state index in [9.17, 15) is 18.0 Å². The quantitative estimate of drug-likeness (QED) is 0.730. The van der Waals surface area contributed by atoms with Crippen molar-refractivity contribution in [2.24, 2.45) is 11.0 Å². The van der Waals surface area contributed by atoms with Crippen molar-refractivity contribution in [1.82, 2.24) is 4.72 Å². The topological polar surface area (TPSA) is 120 Å². The smallest absolute Gasteiger partial charge is 0.264 e. The minimum atomic E-state index is -4.00. The van der Waals surface area contributed by atoms with Crippen molar-refractivity contribution in [3.63, 3.8) is 0 Å². The highest BCUT2D eigenvalue weighted by Crippen LogP contribution is 2.23. The molecule has 144 valence electrons. The predicted octanol–water partition coefficient (Wildman–Crippen LogP) is 2.32. The van der Waals surface area contributed by atoms with Gasteiger partial charge in [0.2, 0.25) is 5.91 Å². The molecule has 0 saturated heterocycles. The molecule has 9 heteroatoms. The third kappa shape index (κ3) is 4.92. The molecule has 2 rings (SSSR count). The molecule has 0 radical (unpaired) electrons. The lowest BCUT2D eigenvalue weighted by Crippen LogP contribution is -2.35. The zero-order chi connectivity index (χ0) is 20.0.